The van der Waals surface area contributed by atoms with Gasteiger partial charge in [-0.15, -0.1) is 0 Å². The number of hydrogen-bond donors (Lipinski definition) is 0. The first-order valence-electron chi connectivity index (χ1n) is 10.5. The lowest BCUT2D eigenvalue weighted by atomic mass is 9.92. The lowest BCUT2D eigenvalue weighted by Gasteiger charge is -2.32. The van der Waals surface area contributed by atoms with Gasteiger partial charge in [0, 0.05) is 17.9 Å². The predicted octanol–water partition coefficient (Wildman–Crippen LogP) is 6.12. The molecule has 0 amide bonds. The quantitative estimate of drug-likeness (QED) is 0.503. The van der Waals surface area contributed by atoms with E-state index >= 15 is 0 Å². The third-order valence-electron chi connectivity index (χ3n) is 5.65. The molecule has 3 rings (SSSR count). The van der Waals surface area contributed by atoms with Crippen molar-refractivity contribution in [2.75, 3.05) is 31.1 Å². The van der Waals surface area contributed by atoms with Crippen molar-refractivity contribution in [3.05, 3.63) is 60.7 Å². The van der Waals surface area contributed by atoms with Crippen LogP contribution in [0.1, 0.15) is 45.4 Å². The minimum atomic E-state index is 0.989. The Bertz CT molecular complexity index is 563. The number of rotatable bonds is 9. The lowest BCUT2D eigenvalue weighted by molar-refractivity contribution is 0.176. The van der Waals surface area contributed by atoms with E-state index in [0.29, 0.717) is 0 Å². The van der Waals surface area contributed by atoms with Crippen LogP contribution in [-0.4, -0.2) is 31.1 Å². The maximum absolute atomic E-state index is 2.68. The Hall–Kier alpha value is -1.80. The van der Waals surface area contributed by atoms with Crippen LogP contribution < -0.4 is 4.90 Å². The highest BCUT2D eigenvalue weighted by Gasteiger charge is 2.18. The van der Waals surface area contributed by atoms with Gasteiger partial charge in [-0.2, -0.15) is 0 Å². The first-order chi connectivity index (χ1) is 12.9. The van der Waals surface area contributed by atoms with Crippen LogP contribution in [0.15, 0.2) is 60.7 Å². The molecule has 1 heterocycles. The van der Waals surface area contributed by atoms with Crippen molar-refractivity contribution < 1.29 is 0 Å². The first kappa shape index (κ1) is 19.0. The number of piperidine rings is 1. The molecule has 0 atom stereocenters. The van der Waals surface area contributed by atoms with Gasteiger partial charge in [0.05, 0.1) is 0 Å². The minimum absolute atomic E-state index is 0.989. The number of anilines is 2. The van der Waals surface area contributed by atoms with Crippen molar-refractivity contribution in [1.29, 1.82) is 0 Å². The van der Waals surface area contributed by atoms with Crippen LogP contribution >= 0.6 is 0 Å². The van der Waals surface area contributed by atoms with Crippen molar-refractivity contribution >= 4 is 11.4 Å². The maximum atomic E-state index is 2.68. The third-order valence-corrected chi connectivity index (χ3v) is 5.65. The van der Waals surface area contributed by atoms with E-state index in [4.69, 9.17) is 0 Å². The summed E-state index contributed by atoms with van der Waals surface area (Å²) in [4.78, 5) is 5.13. The van der Waals surface area contributed by atoms with Crippen LogP contribution in [0.5, 0.6) is 0 Å². The zero-order valence-electron chi connectivity index (χ0n) is 16.3. The summed E-state index contributed by atoms with van der Waals surface area (Å²) in [5, 5.41) is 0. The van der Waals surface area contributed by atoms with Gasteiger partial charge in [0.15, 0.2) is 0 Å². The summed E-state index contributed by atoms with van der Waals surface area (Å²) in [6.07, 6.45) is 8.12. The zero-order chi connectivity index (χ0) is 18.0. The van der Waals surface area contributed by atoms with Crippen LogP contribution in [0.2, 0.25) is 0 Å². The van der Waals surface area contributed by atoms with Crippen LogP contribution in [0, 0.1) is 5.92 Å². The molecule has 0 saturated carbocycles. The Labute approximate surface area is 159 Å². The fraction of sp³-hybridized carbons (Fsp3) is 0.500. The van der Waals surface area contributed by atoms with E-state index in [1.807, 2.05) is 0 Å². The van der Waals surface area contributed by atoms with E-state index in [0.717, 1.165) is 12.5 Å². The Kier molecular flexibility index (Phi) is 7.57. The molecule has 140 valence electrons. The van der Waals surface area contributed by atoms with E-state index in [1.54, 1.807) is 0 Å². The molecule has 1 aliphatic heterocycles. The molecular weight excluding hydrogens is 316 g/mol. The van der Waals surface area contributed by atoms with Crippen molar-refractivity contribution in [3.63, 3.8) is 0 Å². The second-order valence-electron chi connectivity index (χ2n) is 7.60. The molecule has 1 aliphatic rings. The fourth-order valence-electron chi connectivity index (χ4n) is 4.14. The van der Waals surface area contributed by atoms with E-state index in [2.05, 4.69) is 77.4 Å². The Balaban J connectivity index is 1.47. The first-order valence-corrected chi connectivity index (χ1v) is 10.5. The second-order valence-corrected chi connectivity index (χ2v) is 7.60. The van der Waals surface area contributed by atoms with Gasteiger partial charge in [0.25, 0.3) is 0 Å². The molecule has 2 aromatic carbocycles. The summed E-state index contributed by atoms with van der Waals surface area (Å²) >= 11 is 0. The van der Waals surface area contributed by atoms with E-state index in [-0.39, 0.29) is 0 Å². The Morgan fingerprint density at radius 2 is 1.42 bits per heavy atom. The molecule has 1 saturated heterocycles. The molecule has 0 aliphatic carbocycles. The normalized spacial score (nSPS) is 15.9. The van der Waals surface area contributed by atoms with E-state index < -0.39 is 0 Å². The largest absolute Gasteiger partial charge is 0.341 e. The molecule has 0 bridgehead atoms. The molecule has 2 aromatic rings. The Morgan fingerprint density at radius 3 is 1.96 bits per heavy atom. The molecule has 0 radical (unpaired) electrons. The summed E-state index contributed by atoms with van der Waals surface area (Å²) in [5.41, 5.74) is 2.58. The third kappa shape index (κ3) is 5.60. The molecule has 1 fully saturated rings. The molecule has 0 spiro atoms. The van der Waals surface area contributed by atoms with E-state index in [1.165, 1.54) is 69.5 Å². The number of para-hydroxylation sites is 2. The number of unbranched alkanes of at least 4 members (excludes halogenated alkanes) is 1. The van der Waals surface area contributed by atoms with Crippen molar-refractivity contribution in [3.8, 4) is 0 Å². The van der Waals surface area contributed by atoms with Crippen molar-refractivity contribution in [2.45, 2.75) is 45.4 Å². The predicted molar refractivity (Wildman–Crippen MR) is 113 cm³/mol. The van der Waals surface area contributed by atoms with E-state index in [9.17, 15) is 0 Å². The van der Waals surface area contributed by atoms with Gasteiger partial charge in [0.1, 0.15) is 0 Å². The molecular formula is C24H34N2. The highest BCUT2D eigenvalue weighted by Crippen LogP contribution is 2.26. The number of likely N-dealkylation sites (tertiary alicyclic amines) is 1. The standard InChI is InChI=1S/C24H34N2/c1-2-11-22-16-20-25(21-17-22)18-9-10-19-26(23-12-5-3-6-13-23)24-14-7-4-8-15-24/h3-8,12-15,22H,2,9-11,16-21H2,1H3. The highest BCUT2D eigenvalue weighted by atomic mass is 15.1. The molecule has 0 unspecified atom stereocenters. The monoisotopic (exact) mass is 350 g/mol. The number of benzene rings is 2. The Morgan fingerprint density at radius 1 is 0.846 bits per heavy atom. The molecule has 2 heteroatoms. The van der Waals surface area contributed by atoms with Gasteiger partial charge < -0.3 is 9.80 Å². The molecule has 0 aromatic heterocycles. The average Bonchev–Trinajstić information content (AvgIpc) is 2.71. The topological polar surface area (TPSA) is 6.48 Å². The van der Waals surface area contributed by atoms with Crippen LogP contribution in [0.4, 0.5) is 11.4 Å². The van der Waals surface area contributed by atoms with Crippen LogP contribution in [0.25, 0.3) is 0 Å². The summed E-state index contributed by atoms with van der Waals surface area (Å²) in [7, 11) is 0. The SMILES string of the molecule is CCCC1CCN(CCCCN(c2ccccc2)c2ccccc2)CC1. The lowest BCUT2D eigenvalue weighted by Crippen LogP contribution is -2.34. The summed E-state index contributed by atoms with van der Waals surface area (Å²) in [5.74, 6) is 0.989. The van der Waals surface area contributed by atoms with Crippen molar-refractivity contribution in [1.82, 2.24) is 4.90 Å². The summed E-state index contributed by atoms with van der Waals surface area (Å²) in [6.45, 7) is 7.28. The zero-order valence-corrected chi connectivity index (χ0v) is 16.3. The second kappa shape index (κ2) is 10.4. The maximum Gasteiger partial charge on any atom is 0.0410 e. The molecule has 2 nitrogen and oxygen atoms in total. The smallest absolute Gasteiger partial charge is 0.0410 e. The van der Waals surface area contributed by atoms with Gasteiger partial charge in [-0.25, -0.2) is 0 Å². The van der Waals surface area contributed by atoms with Crippen LogP contribution in [-0.2, 0) is 0 Å². The number of nitrogens with zero attached hydrogens (tertiary/aromatic N) is 2. The summed E-state index contributed by atoms with van der Waals surface area (Å²) in [6, 6.07) is 21.6. The van der Waals surface area contributed by atoms with Gasteiger partial charge in [-0.05, 0) is 75.5 Å². The molecule has 26 heavy (non-hydrogen) atoms. The van der Waals surface area contributed by atoms with Gasteiger partial charge >= 0.3 is 0 Å². The fourth-order valence-corrected chi connectivity index (χ4v) is 4.14. The van der Waals surface area contributed by atoms with Crippen molar-refractivity contribution in [2.24, 2.45) is 5.92 Å². The molecule has 0 N–H and O–H groups in total. The van der Waals surface area contributed by atoms with Gasteiger partial charge in [-0.1, -0.05) is 56.2 Å². The van der Waals surface area contributed by atoms with Crippen LogP contribution in [0.3, 0.4) is 0 Å². The minimum Gasteiger partial charge on any atom is -0.341 e. The number of hydrogen-bond acceptors (Lipinski definition) is 2. The van der Waals surface area contributed by atoms with Gasteiger partial charge in [-0.3, -0.25) is 0 Å². The summed E-state index contributed by atoms with van der Waals surface area (Å²) < 4.78 is 0. The van der Waals surface area contributed by atoms with Gasteiger partial charge in [0.2, 0.25) is 0 Å². The highest BCUT2D eigenvalue weighted by molar-refractivity contribution is 5.62. The average molecular weight is 351 g/mol.